The van der Waals surface area contributed by atoms with Crippen molar-refractivity contribution in [3.63, 3.8) is 0 Å². The zero-order chi connectivity index (χ0) is 14.1. The summed E-state index contributed by atoms with van der Waals surface area (Å²) in [7, 11) is 2.17. The lowest BCUT2D eigenvalue weighted by molar-refractivity contribution is 0.202. The first-order valence-electron chi connectivity index (χ1n) is 7.35. The molecule has 0 radical (unpaired) electrons. The normalized spacial score (nSPS) is 18.1. The van der Waals surface area contributed by atoms with Crippen molar-refractivity contribution in [2.24, 2.45) is 0 Å². The van der Waals surface area contributed by atoms with Crippen molar-refractivity contribution >= 4 is 18.2 Å². The van der Waals surface area contributed by atoms with Crippen molar-refractivity contribution in [3.8, 4) is 0 Å². The molecule has 0 aromatic carbocycles. The largest absolute Gasteiger partial charge is 0.389 e. The van der Waals surface area contributed by atoms with Crippen LogP contribution in [0.2, 0.25) is 0 Å². The lowest BCUT2D eigenvalue weighted by atomic mass is 9.94. The Bertz CT molecular complexity index is 275. The summed E-state index contributed by atoms with van der Waals surface area (Å²) in [5.41, 5.74) is 0. The smallest absolute Gasteiger partial charge is 0.303 e. The van der Waals surface area contributed by atoms with Gasteiger partial charge in [0.2, 0.25) is 0 Å². The molecule has 1 rings (SSSR count). The van der Waals surface area contributed by atoms with Gasteiger partial charge in [0.25, 0.3) is 0 Å². The summed E-state index contributed by atoms with van der Waals surface area (Å²) in [6, 6.07) is 0.702. The molecule has 0 N–H and O–H groups in total. The highest BCUT2D eigenvalue weighted by Crippen LogP contribution is 2.60. The first kappa shape index (κ1) is 17.5. The minimum Gasteiger partial charge on any atom is -0.303 e. The van der Waals surface area contributed by atoms with Crippen molar-refractivity contribution in [1.29, 1.82) is 0 Å². The third-order valence-electron chi connectivity index (χ3n) is 3.47. The Balaban J connectivity index is 2.28. The number of rotatable bonds is 9. The summed E-state index contributed by atoms with van der Waals surface area (Å²) in [4.78, 5) is 2.40. The Kier molecular flexibility index (Phi) is 8.67. The minimum absolute atomic E-state index is 0.433. The Morgan fingerprint density at radius 2 is 1.74 bits per heavy atom. The standard InChI is InChI=1S/C13H28NO3PS/c1-4-16-18(15,17-5-2)19-12-11-14(3)13-9-7-6-8-10-13/h13H,4-12H2,1-3H3. The van der Waals surface area contributed by atoms with Crippen LogP contribution in [0.3, 0.4) is 0 Å². The van der Waals surface area contributed by atoms with E-state index in [4.69, 9.17) is 9.05 Å². The predicted molar refractivity (Wildman–Crippen MR) is 82.8 cm³/mol. The van der Waals surface area contributed by atoms with Crippen molar-refractivity contribution in [2.75, 3.05) is 32.6 Å². The van der Waals surface area contributed by atoms with E-state index < -0.39 is 6.80 Å². The van der Waals surface area contributed by atoms with Crippen LogP contribution in [0, 0.1) is 0 Å². The van der Waals surface area contributed by atoms with E-state index in [0.29, 0.717) is 19.3 Å². The van der Waals surface area contributed by atoms with Crippen LogP contribution in [-0.4, -0.2) is 43.5 Å². The van der Waals surface area contributed by atoms with Crippen LogP contribution in [0.25, 0.3) is 0 Å². The van der Waals surface area contributed by atoms with Gasteiger partial charge >= 0.3 is 6.80 Å². The third kappa shape index (κ3) is 6.63. The molecule has 4 nitrogen and oxygen atoms in total. The average Bonchev–Trinajstić information content (AvgIpc) is 2.40. The quantitative estimate of drug-likeness (QED) is 0.598. The molecule has 0 saturated heterocycles. The second kappa shape index (κ2) is 9.41. The molecule has 1 aliphatic carbocycles. The van der Waals surface area contributed by atoms with Crippen LogP contribution in [0.4, 0.5) is 0 Å². The molecule has 0 aromatic rings. The van der Waals surface area contributed by atoms with E-state index in [9.17, 15) is 4.57 Å². The zero-order valence-electron chi connectivity index (χ0n) is 12.5. The van der Waals surface area contributed by atoms with E-state index in [2.05, 4.69) is 11.9 Å². The van der Waals surface area contributed by atoms with E-state index in [-0.39, 0.29) is 0 Å². The van der Waals surface area contributed by atoms with Gasteiger partial charge in [0, 0.05) is 18.3 Å². The van der Waals surface area contributed by atoms with Crippen LogP contribution >= 0.6 is 18.2 Å². The van der Waals surface area contributed by atoms with Crippen LogP contribution < -0.4 is 0 Å². The van der Waals surface area contributed by atoms with Crippen LogP contribution in [0.15, 0.2) is 0 Å². The topological polar surface area (TPSA) is 38.8 Å². The molecule has 0 unspecified atom stereocenters. The molecule has 1 fully saturated rings. The van der Waals surface area contributed by atoms with Gasteiger partial charge in [-0.25, -0.2) is 4.57 Å². The van der Waals surface area contributed by atoms with Gasteiger partial charge in [-0.05, 0) is 45.1 Å². The van der Waals surface area contributed by atoms with Gasteiger partial charge in [-0.1, -0.05) is 19.3 Å². The number of hydrogen-bond acceptors (Lipinski definition) is 5. The van der Waals surface area contributed by atoms with E-state index in [1.165, 1.54) is 43.5 Å². The summed E-state index contributed by atoms with van der Waals surface area (Å²) in [6.07, 6.45) is 6.67. The van der Waals surface area contributed by atoms with Crippen LogP contribution in [0.5, 0.6) is 0 Å². The van der Waals surface area contributed by atoms with Gasteiger partial charge in [0.1, 0.15) is 0 Å². The van der Waals surface area contributed by atoms with Crippen LogP contribution in [-0.2, 0) is 13.6 Å². The molecular weight excluding hydrogens is 281 g/mol. The molecule has 0 heterocycles. The van der Waals surface area contributed by atoms with E-state index in [0.717, 1.165) is 12.3 Å². The molecule has 1 saturated carbocycles. The van der Waals surface area contributed by atoms with Crippen molar-refractivity contribution in [1.82, 2.24) is 4.90 Å². The molecule has 0 bridgehead atoms. The Labute approximate surface area is 121 Å². The summed E-state index contributed by atoms with van der Waals surface area (Å²) in [6.45, 7) is 2.58. The Hall–Kier alpha value is 0.460. The highest BCUT2D eigenvalue weighted by molar-refractivity contribution is 8.55. The van der Waals surface area contributed by atoms with E-state index in [1.807, 2.05) is 13.8 Å². The lowest BCUT2D eigenvalue weighted by Crippen LogP contribution is -2.34. The summed E-state index contributed by atoms with van der Waals surface area (Å²) in [5.74, 6) is 0.796. The van der Waals surface area contributed by atoms with E-state index >= 15 is 0 Å². The lowest BCUT2D eigenvalue weighted by Gasteiger charge is -2.31. The van der Waals surface area contributed by atoms with Crippen LogP contribution in [0.1, 0.15) is 46.0 Å². The SMILES string of the molecule is CCOP(=O)(OCC)SCCN(C)C1CCCCC1. The second-order valence-electron chi connectivity index (χ2n) is 4.89. The Morgan fingerprint density at radius 1 is 1.16 bits per heavy atom. The molecule has 6 heteroatoms. The van der Waals surface area contributed by atoms with Gasteiger partial charge < -0.3 is 13.9 Å². The van der Waals surface area contributed by atoms with Gasteiger partial charge in [-0.2, -0.15) is 0 Å². The maximum Gasteiger partial charge on any atom is 0.389 e. The van der Waals surface area contributed by atoms with Gasteiger partial charge in [0.15, 0.2) is 0 Å². The molecule has 1 aliphatic rings. The molecule has 0 atom stereocenters. The monoisotopic (exact) mass is 309 g/mol. The number of nitrogens with zero attached hydrogens (tertiary/aromatic N) is 1. The highest BCUT2D eigenvalue weighted by atomic mass is 32.7. The predicted octanol–water partition coefficient (Wildman–Crippen LogP) is 4.17. The Morgan fingerprint density at radius 3 is 2.26 bits per heavy atom. The van der Waals surface area contributed by atoms with Crippen molar-refractivity contribution in [3.05, 3.63) is 0 Å². The van der Waals surface area contributed by atoms with Gasteiger partial charge in [-0.15, -0.1) is 0 Å². The molecule has 0 aliphatic heterocycles. The molecule has 0 aromatic heterocycles. The molecule has 19 heavy (non-hydrogen) atoms. The summed E-state index contributed by atoms with van der Waals surface area (Å²) in [5, 5.41) is 0. The highest BCUT2D eigenvalue weighted by Gasteiger charge is 2.25. The van der Waals surface area contributed by atoms with Gasteiger partial charge in [0.05, 0.1) is 13.2 Å². The maximum atomic E-state index is 12.3. The second-order valence-corrected chi connectivity index (χ2v) is 9.08. The fourth-order valence-corrected chi connectivity index (χ4v) is 5.87. The molecule has 0 amide bonds. The average molecular weight is 309 g/mol. The minimum atomic E-state index is -2.93. The van der Waals surface area contributed by atoms with E-state index in [1.54, 1.807) is 0 Å². The van der Waals surface area contributed by atoms with Gasteiger partial charge in [-0.3, -0.25) is 0 Å². The summed E-state index contributed by atoms with van der Waals surface area (Å²) >= 11 is 1.33. The van der Waals surface area contributed by atoms with Crippen molar-refractivity contribution in [2.45, 2.75) is 52.0 Å². The fourth-order valence-electron chi connectivity index (χ4n) is 2.43. The molecule has 114 valence electrons. The number of hydrogen-bond donors (Lipinski definition) is 0. The molecule has 0 spiro atoms. The third-order valence-corrected chi connectivity index (χ3v) is 7.42. The van der Waals surface area contributed by atoms with Crippen molar-refractivity contribution < 1.29 is 13.6 Å². The fraction of sp³-hybridized carbons (Fsp3) is 1.00. The zero-order valence-corrected chi connectivity index (χ0v) is 14.2. The first-order valence-corrected chi connectivity index (χ1v) is 10.5. The first-order chi connectivity index (χ1) is 9.11. The maximum absolute atomic E-state index is 12.3. The molecular formula is C13H28NO3PS. The summed E-state index contributed by atoms with van der Waals surface area (Å²) < 4.78 is 22.8.